The van der Waals surface area contributed by atoms with Gasteiger partial charge < -0.3 is 5.32 Å². The molecule has 2 unspecified atom stereocenters. The van der Waals surface area contributed by atoms with Crippen LogP contribution in [0.3, 0.4) is 0 Å². The van der Waals surface area contributed by atoms with Crippen molar-refractivity contribution < 1.29 is 4.79 Å². The third-order valence-electron chi connectivity index (χ3n) is 3.87. The maximum atomic E-state index is 12.4. The van der Waals surface area contributed by atoms with Crippen molar-refractivity contribution in [2.75, 3.05) is 5.33 Å². The summed E-state index contributed by atoms with van der Waals surface area (Å²) in [4.78, 5) is 12.4. The molecule has 1 saturated carbocycles. The highest BCUT2D eigenvalue weighted by Gasteiger charge is 2.26. The van der Waals surface area contributed by atoms with E-state index in [0.29, 0.717) is 12.0 Å². The molecule has 19 heavy (non-hydrogen) atoms. The molecule has 4 heteroatoms. The molecule has 2 atom stereocenters. The summed E-state index contributed by atoms with van der Waals surface area (Å²) in [6, 6.07) is 6.14. The molecule has 0 bridgehead atoms. The van der Waals surface area contributed by atoms with Crippen molar-refractivity contribution in [1.82, 2.24) is 5.32 Å². The molecule has 1 aromatic carbocycles. The summed E-state index contributed by atoms with van der Waals surface area (Å²) >= 11 is 6.99. The van der Waals surface area contributed by atoms with Gasteiger partial charge in [-0.3, -0.25) is 4.79 Å². The van der Waals surface area contributed by atoms with Crippen LogP contribution in [0.15, 0.2) is 22.7 Å². The maximum absolute atomic E-state index is 12.4. The van der Waals surface area contributed by atoms with Gasteiger partial charge in [-0.05, 0) is 43.4 Å². The largest absolute Gasteiger partial charge is 0.349 e. The number of alkyl halides is 1. The number of carbonyl (C=O) groups excluding carboxylic acids is 1. The van der Waals surface area contributed by atoms with Crippen LogP contribution in [0, 0.1) is 12.8 Å². The fourth-order valence-corrected chi connectivity index (χ4v) is 3.80. The van der Waals surface area contributed by atoms with Crippen LogP contribution in [0.5, 0.6) is 0 Å². The first kappa shape index (κ1) is 15.0. The highest BCUT2D eigenvalue weighted by atomic mass is 79.9. The molecule has 2 rings (SSSR count). The number of hydrogen-bond donors (Lipinski definition) is 1. The second kappa shape index (κ2) is 6.89. The molecule has 104 valence electrons. The Morgan fingerprint density at radius 3 is 2.84 bits per heavy atom. The SMILES string of the molecule is Cc1ccc(Br)cc1C(=O)NC1CCCCC1CBr. The van der Waals surface area contributed by atoms with Crippen LogP contribution in [-0.2, 0) is 0 Å². The number of aryl methyl sites for hydroxylation is 1. The molecule has 2 nitrogen and oxygen atoms in total. The number of benzene rings is 1. The van der Waals surface area contributed by atoms with E-state index in [1.54, 1.807) is 0 Å². The van der Waals surface area contributed by atoms with Gasteiger partial charge in [-0.1, -0.05) is 50.8 Å². The number of nitrogens with one attached hydrogen (secondary N) is 1. The van der Waals surface area contributed by atoms with Crippen molar-refractivity contribution in [1.29, 1.82) is 0 Å². The monoisotopic (exact) mass is 387 g/mol. The molecular weight excluding hydrogens is 370 g/mol. The van der Waals surface area contributed by atoms with Gasteiger partial charge in [0, 0.05) is 21.4 Å². The Labute approximate surface area is 131 Å². The zero-order chi connectivity index (χ0) is 13.8. The van der Waals surface area contributed by atoms with Gasteiger partial charge in [0.1, 0.15) is 0 Å². The fourth-order valence-electron chi connectivity index (χ4n) is 2.67. The second-order valence-electron chi connectivity index (χ2n) is 5.24. The average Bonchev–Trinajstić information content (AvgIpc) is 2.42. The third kappa shape index (κ3) is 3.82. The van der Waals surface area contributed by atoms with Crippen LogP contribution in [-0.4, -0.2) is 17.3 Å². The van der Waals surface area contributed by atoms with E-state index in [9.17, 15) is 4.79 Å². The predicted molar refractivity (Wildman–Crippen MR) is 85.9 cm³/mol. The standard InChI is InChI=1S/C15H19Br2NO/c1-10-6-7-12(17)8-13(10)15(19)18-14-5-3-2-4-11(14)9-16/h6-8,11,14H,2-5,9H2,1H3,(H,18,19). The molecule has 0 aromatic heterocycles. The van der Waals surface area contributed by atoms with Crippen molar-refractivity contribution in [2.45, 2.75) is 38.6 Å². The van der Waals surface area contributed by atoms with Crippen LogP contribution in [0.1, 0.15) is 41.6 Å². The van der Waals surface area contributed by atoms with Gasteiger partial charge in [-0.2, -0.15) is 0 Å². The van der Waals surface area contributed by atoms with Gasteiger partial charge in [0.05, 0.1) is 0 Å². The van der Waals surface area contributed by atoms with E-state index >= 15 is 0 Å². The summed E-state index contributed by atoms with van der Waals surface area (Å²) in [7, 11) is 0. The lowest BCUT2D eigenvalue weighted by molar-refractivity contribution is 0.0911. The predicted octanol–water partition coefficient (Wildman–Crippen LogP) is 4.44. The number of hydrogen-bond acceptors (Lipinski definition) is 1. The van der Waals surface area contributed by atoms with Gasteiger partial charge in [0.15, 0.2) is 0 Å². The lowest BCUT2D eigenvalue weighted by Gasteiger charge is -2.31. The summed E-state index contributed by atoms with van der Waals surface area (Å²) in [6.07, 6.45) is 4.78. The first-order valence-corrected chi connectivity index (χ1v) is 8.66. The van der Waals surface area contributed by atoms with Gasteiger partial charge in [-0.25, -0.2) is 0 Å². The Bertz CT molecular complexity index is 461. The minimum absolute atomic E-state index is 0.0525. The van der Waals surface area contributed by atoms with E-state index in [4.69, 9.17) is 0 Å². The topological polar surface area (TPSA) is 29.1 Å². The van der Waals surface area contributed by atoms with Crippen molar-refractivity contribution in [3.63, 3.8) is 0 Å². The van der Waals surface area contributed by atoms with E-state index in [0.717, 1.165) is 27.4 Å². The average molecular weight is 389 g/mol. The smallest absolute Gasteiger partial charge is 0.251 e. The first-order valence-electron chi connectivity index (χ1n) is 6.75. The van der Waals surface area contributed by atoms with E-state index in [-0.39, 0.29) is 5.91 Å². The molecule has 0 spiro atoms. The minimum atomic E-state index is 0.0525. The number of carbonyl (C=O) groups is 1. The second-order valence-corrected chi connectivity index (χ2v) is 6.80. The highest BCUT2D eigenvalue weighted by Crippen LogP contribution is 2.26. The third-order valence-corrected chi connectivity index (χ3v) is 5.19. The number of amides is 1. The van der Waals surface area contributed by atoms with Crippen LogP contribution in [0.4, 0.5) is 0 Å². The zero-order valence-electron chi connectivity index (χ0n) is 11.1. The Balaban J connectivity index is 2.09. The Morgan fingerprint density at radius 1 is 1.37 bits per heavy atom. The molecule has 0 aliphatic heterocycles. The minimum Gasteiger partial charge on any atom is -0.349 e. The lowest BCUT2D eigenvalue weighted by Crippen LogP contribution is -2.42. The summed E-state index contributed by atoms with van der Waals surface area (Å²) in [5.74, 6) is 0.613. The summed E-state index contributed by atoms with van der Waals surface area (Å²) in [6.45, 7) is 1.98. The molecular formula is C15H19Br2NO. The molecule has 1 amide bonds. The molecule has 1 N–H and O–H groups in total. The quantitative estimate of drug-likeness (QED) is 0.762. The molecule has 0 radical (unpaired) electrons. The Hall–Kier alpha value is -0.350. The van der Waals surface area contributed by atoms with E-state index in [1.165, 1.54) is 19.3 Å². The highest BCUT2D eigenvalue weighted by molar-refractivity contribution is 9.10. The molecule has 1 aliphatic rings. The van der Waals surface area contributed by atoms with E-state index in [1.807, 2.05) is 25.1 Å². The van der Waals surface area contributed by atoms with Gasteiger partial charge in [0.25, 0.3) is 5.91 Å². The Morgan fingerprint density at radius 2 is 2.11 bits per heavy atom. The molecule has 0 saturated heterocycles. The van der Waals surface area contributed by atoms with Gasteiger partial charge in [0.2, 0.25) is 0 Å². The van der Waals surface area contributed by atoms with Crippen molar-refractivity contribution >= 4 is 37.8 Å². The van der Waals surface area contributed by atoms with E-state index in [2.05, 4.69) is 37.2 Å². The van der Waals surface area contributed by atoms with Crippen LogP contribution >= 0.6 is 31.9 Å². The molecule has 1 aromatic rings. The fraction of sp³-hybridized carbons (Fsp3) is 0.533. The van der Waals surface area contributed by atoms with Crippen LogP contribution in [0.25, 0.3) is 0 Å². The Kier molecular flexibility index (Phi) is 5.46. The summed E-state index contributed by atoms with van der Waals surface area (Å²) in [5, 5.41) is 4.18. The normalized spacial score (nSPS) is 23.1. The van der Waals surface area contributed by atoms with Crippen molar-refractivity contribution in [2.24, 2.45) is 5.92 Å². The molecule has 1 fully saturated rings. The zero-order valence-corrected chi connectivity index (χ0v) is 14.3. The molecule has 0 heterocycles. The summed E-state index contributed by atoms with van der Waals surface area (Å²) in [5.41, 5.74) is 1.79. The van der Waals surface area contributed by atoms with Crippen molar-refractivity contribution in [3.8, 4) is 0 Å². The number of halogens is 2. The lowest BCUT2D eigenvalue weighted by atomic mass is 9.85. The van der Waals surface area contributed by atoms with E-state index < -0.39 is 0 Å². The maximum Gasteiger partial charge on any atom is 0.251 e. The van der Waals surface area contributed by atoms with Gasteiger partial charge >= 0.3 is 0 Å². The first-order chi connectivity index (χ1) is 9.11. The van der Waals surface area contributed by atoms with Crippen LogP contribution in [0.2, 0.25) is 0 Å². The molecule has 1 aliphatic carbocycles. The van der Waals surface area contributed by atoms with Crippen LogP contribution < -0.4 is 5.32 Å². The number of rotatable bonds is 3. The van der Waals surface area contributed by atoms with Crippen molar-refractivity contribution in [3.05, 3.63) is 33.8 Å². The van der Waals surface area contributed by atoms with Gasteiger partial charge in [-0.15, -0.1) is 0 Å². The summed E-state index contributed by atoms with van der Waals surface area (Å²) < 4.78 is 0.948.